The first-order valence-corrected chi connectivity index (χ1v) is 3.52. The Balaban J connectivity index is 2.75. The molecule has 1 atom stereocenters. The molecule has 0 saturated carbocycles. The minimum atomic E-state index is 0.473. The van der Waals surface area contributed by atoms with Gasteiger partial charge in [0, 0.05) is 5.56 Å². The molecule has 10 heavy (non-hydrogen) atoms. The van der Waals surface area contributed by atoms with Gasteiger partial charge in [0.1, 0.15) is 0 Å². The Hall–Kier alpha value is -0.820. The molecular weight excluding hydrogens is 122 g/mol. The molecule has 1 aromatic carbocycles. The Labute approximate surface area is 62.1 Å². The van der Waals surface area contributed by atoms with E-state index >= 15 is 0 Å². The van der Waals surface area contributed by atoms with E-state index in [4.69, 9.17) is 0 Å². The molecule has 0 spiro atoms. The van der Waals surface area contributed by atoms with Gasteiger partial charge in [-0.3, -0.25) is 0 Å². The summed E-state index contributed by atoms with van der Waals surface area (Å²) in [7, 11) is 3.74. The van der Waals surface area contributed by atoms with Gasteiger partial charge in [-0.15, -0.1) is 0 Å². The maximum Gasteiger partial charge on any atom is 0.0848 e. The van der Waals surface area contributed by atoms with Crippen LogP contribution in [0.1, 0.15) is 18.5 Å². The average molecular weight is 135 g/mol. The normalized spacial score (nSPS) is 13.0. The third-order valence-electron chi connectivity index (χ3n) is 1.68. The lowest BCUT2D eigenvalue weighted by atomic mass is 10.1. The van der Waals surface area contributed by atoms with Crippen molar-refractivity contribution in [3.8, 4) is 0 Å². The second kappa shape index (κ2) is 3.37. The van der Waals surface area contributed by atoms with E-state index in [1.807, 2.05) is 11.4 Å². The molecule has 0 heterocycles. The summed E-state index contributed by atoms with van der Waals surface area (Å²) in [5.41, 5.74) is 1.33. The Morgan fingerprint density at radius 3 is 2.40 bits per heavy atom. The van der Waals surface area contributed by atoms with Crippen LogP contribution in [-0.4, -0.2) is 0 Å². The first-order chi connectivity index (χ1) is 4.84. The van der Waals surface area contributed by atoms with Gasteiger partial charge in [0.2, 0.25) is 0 Å². The highest BCUT2D eigenvalue weighted by molar-refractivity contribution is 5.16. The van der Waals surface area contributed by atoms with Crippen molar-refractivity contribution in [2.75, 3.05) is 0 Å². The summed E-state index contributed by atoms with van der Waals surface area (Å²) in [5, 5.41) is 1.95. The molecular formula is C9H13N. The van der Waals surface area contributed by atoms with Crippen LogP contribution in [0, 0.1) is 7.05 Å². The van der Waals surface area contributed by atoms with Crippen molar-refractivity contribution in [2.24, 2.45) is 0 Å². The molecule has 0 amide bonds. The number of hydrogen-bond acceptors (Lipinski definition) is 0. The van der Waals surface area contributed by atoms with Gasteiger partial charge in [0.05, 0.1) is 6.04 Å². The SMILES string of the molecule is [CH2-][NH2+][C@@H](C)c1ccccc1. The van der Waals surface area contributed by atoms with Crippen molar-refractivity contribution in [3.05, 3.63) is 42.9 Å². The van der Waals surface area contributed by atoms with Crippen LogP contribution in [0.25, 0.3) is 0 Å². The maximum absolute atomic E-state index is 3.74. The predicted octanol–water partition coefficient (Wildman–Crippen LogP) is 1.10. The highest BCUT2D eigenvalue weighted by atomic mass is 14.8. The van der Waals surface area contributed by atoms with Crippen LogP contribution in [0.15, 0.2) is 30.3 Å². The topological polar surface area (TPSA) is 16.6 Å². The minimum absolute atomic E-state index is 0.473. The summed E-state index contributed by atoms with van der Waals surface area (Å²) < 4.78 is 0. The van der Waals surface area contributed by atoms with E-state index in [1.165, 1.54) is 5.56 Å². The summed E-state index contributed by atoms with van der Waals surface area (Å²) in [4.78, 5) is 0. The summed E-state index contributed by atoms with van der Waals surface area (Å²) >= 11 is 0. The van der Waals surface area contributed by atoms with Crippen LogP contribution in [0.5, 0.6) is 0 Å². The monoisotopic (exact) mass is 135 g/mol. The second-order valence-electron chi connectivity index (χ2n) is 2.44. The molecule has 1 nitrogen and oxygen atoms in total. The molecule has 0 fully saturated rings. The molecule has 1 heteroatoms. The van der Waals surface area contributed by atoms with Gasteiger partial charge in [-0.1, -0.05) is 30.3 Å². The molecule has 0 aromatic heterocycles. The highest BCUT2D eigenvalue weighted by Crippen LogP contribution is 2.05. The van der Waals surface area contributed by atoms with E-state index in [2.05, 4.69) is 38.2 Å². The Morgan fingerprint density at radius 1 is 1.30 bits per heavy atom. The molecule has 0 bridgehead atoms. The summed E-state index contributed by atoms with van der Waals surface area (Å²) in [6.45, 7) is 2.14. The quantitative estimate of drug-likeness (QED) is 0.585. The van der Waals surface area contributed by atoms with E-state index in [0.29, 0.717) is 6.04 Å². The molecule has 0 aliphatic rings. The highest BCUT2D eigenvalue weighted by Gasteiger charge is 1.99. The number of benzene rings is 1. The fourth-order valence-corrected chi connectivity index (χ4v) is 0.893. The van der Waals surface area contributed by atoms with Crippen molar-refractivity contribution in [3.63, 3.8) is 0 Å². The molecule has 1 rings (SSSR count). The van der Waals surface area contributed by atoms with Crippen molar-refractivity contribution in [1.82, 2.24) is 0 Å². The van der Waals surface area contributed by atoms with Gasteiger partial charge in [-0.25, -0.2) is 0 Å². The smallest absolute Gasteiger partial charge is 0.0848 e. The largest absolute Gasteiger partial charge is 0.473 e. The molecule has 2 N–H and O–H groups in total. The first kappa shape index (κ1) is 7.29. The van der Waals surface area contributed by atoms with E-state index < -0.39 is 0 Å². The predicted molar refractivity (Wildman–Crippen MR) is 42.1 cm³/mol. The number of hydrogen-bond donors (Lipinski definition) is 1. The number of nitrogens with two attached hydrogens (primary N) is 1. The molecule has 0 radical (unpaired) electrons. The minimum Gasteiger partial charge on any atom is -0.473 e. The first-order valence-electron chi connectivity index (χ1n) is 3.52. The molecule has 1 aromatic rings. The van der Waals surface area contributed by atoms with Gasteiger partial charge >= 0.3 is 0 Å². The van der Waals surface area contributed by atoms with Gasteiger partial charge < -0.3 is 5.32 Å². The van der Waals surface area contributed by atoms with Crippen LogP contribution in [0.4, 0.5) is 0 Å². The molecule has 0 saturated heterocycles. The zero-order valence-corrected chi connectivity index (χ0v) is 6.25. The molecule has 0 unspecified atom stereocenters. The van der Waals surface area contributed by atoms with Crippen molar-refractivity contribution < 1.29 is 5.32 Å². The standard InChI is InChI=1S/C9H13N/c1-8(10-2)9-6-4-3-5-7-9/h3-8H,2,10H2,1H3/t8-/m0/s1. The fraction of sp³-hybridized carbons (Fsp3) is 0.222. The molecule has 0 aliphatic carbocycles. The summed E-state index contributed by atoms with van der Waals surface area (Å²) in [6, 6.07) is 10.8. The van der Waals surface area contributed by atoms with E-state index in [-0.39, 0.29) is 0 Å². The van der Waals surface area contributed by atoms with Crippen LogP contribution in [0.3, 0.4) is 0 Å². The Kier molecular flexibility index (Phi) is 2.46. The second-order valence-corrected chi connectivity index (χ2v) is 2.44. The molecule has 54 valence electrons. The van der Waals surface area contributed by atoms with E-state index in [9.17, 15) is 0 Å². The van der Waals surface area contributed by atoms with Gasteiger partial charge in [0.25, 0.3) is 0 Å². The Bertz CT molecular complexity index is 181. The zero-order valence-electron chi connectivity index (χ0n) is 6.25. The number of quaternary nitrogens is 1. The van der Waals surface area contributed by atoms with E-state index in [1.54, 1.807) is 0 Å². The summed E-state index contributed by atoms with van der Waals surface area (Å²) in [6.07, 6.45) is 0. The van der Waals surface area contributed by atoms with Crippen LogP contribution in [0.2, 0.25) is 0 Å². The summed E-state index contributed by atoms with van der Waals surface area (Å²) in [5.74, 6) is 0. The lowest BCUT2D eigenvalue weighted by molar-refractivity contribution is -0.637. The van der Waals surface area contributed by atoms with Crippen LogP contribution < -0.4 is 5.32 Å². The van der Waals surface area contributed by atoms with Gasteiger partial charge in [-0.2, -0.15) is 7.05 Å². The van der Waals surface area contributed by atoms with Crippen LogP contribution >= 0.6 is 0 Å². The lowest BCUT2D eigenvalue weighted by Crippen LogP contribution is -2.77. The van der Waals surface area contributed by atoms with E-state index in [0.717, 1.165) is 0 Å². The fourth-order valence-electron chi connectivity index (χ4n) is 0.893. The zero-order chi connectivity index (χ0) is 7.40. The Morgan fingerprint density at radius 2 is 1.90 bits per heavy atom. The maximum atomic E-state index is 3.74. The third kappa shape index (κ3) is 1.58. The van der Waals surface area contributed by atoms with Gasteiger partial charge in [-0.05, 0) is 6.92 Å². The van der Waals surface area contributed by atoms with Gasteiger partial charge in [0.15, 0.2) is 0 Å². The van der Waals surface area contributed by atoms with Crippen molar-refractivity contribution >= 4 is 0 Å². The van der Waals surface area contributed by atoms with Crippen molar-refractivity contribution in [1.29, 1.82) is 0 Å². The number of rotatable bonds is 2. The van der Waals surface area contributed by atoms with Crippen LogP contribution in [-0.2, 0) is 0 Å². The lowest BCUT2D eigenvalue weighted by Gasteiger charge is -2.10. The van der Waals surface area contributed by atoms with Crippen molar-refractivity contribution in [2.45, 2.75) is 13.0 Å². The molecule has 0 aliphatic heterocycles. The average Bonchev–Trinajstić information content (AvgIpc) is 2.05. The third-order valence-corrected chi connectivity index (χ3v) is 1.68.